The molecule has 0 bridgehead atoms. The van der Waals surface area contributed by atoms with Crippen LogP contribution in [0.5, 0.6) is 0 Å². The number of nitrogens with zero attached hydrogens (tertiary/aromatic N) is 2. The van der Waals surface area contributed by atoms with E-state index in [1.807, 2.05) is 42.5 Å². The van der Waals surface area contributed by atoms with Crippen LogP contribution >= 0.6 is 0 Å². The molecule has 3 aromatic carbocycles. The number of hydrogen-bond donors (Lipinski definition) is 2. The number of carbonyl (C=O) groups excluding carboxylic acids is 1. The number of carbonyl (C=O) groups is 1. The molecule has 3 N–H and O–H groups in total. The fraction of sp³-hybridized carbons (Fsp3) is 0.167. The third-order valence-electron chi connectivity index (χ3n) is 5.55. The Morgan fingerprint density at radius 3 is 2.00 bits per heavy atom. The first-order valence-electron chi connectivity index (χ1n) is 10.3. The lowest BCUT2D eigenvalue weighted by molar-refractivity contribution is 0.0698. The molecular formula is C24H24N4O3S. The SMILES string of the molecule is N=C(N)c1cccc(C(=O)N2CCN(S(=O)(=O)c3ccc(-c4ccccc4)cc3)CC2)c1. The van der Waals surface area contributed by atoms with Gasteiger partial charge in [-0.3, -0.25) is 10.2 Å². The highest BCUT2D eigenvalue weighted by Crippen LogP contribution is 2.24. The summed E-state index contributed by atoms with van der Waals surface area (Å²) in [6, 6.07) is 23.3. The van der Waals surface area contributed by atoms with Crippen molar-refractivity contribution >= 4 is 21.8 Å². The van der Waals surface area contributed by atoms with Gasteiger partial charge in [0.05, 0.1) is 4.90 Å². The van der Waals surface area contributed by atoms with Crippen molar-refractivity contribution in [3.05, 3.63) is 90.0 Å². The van der Waals surface area contributed by atoms with Crippen molar-refractivity contribution in [1.29, 1.82) is 5.41 Å². The van der Waals surface area contributed by atoms with E-state index in [-0.39, 0.29) is 29.7 Å². The van der Waals surface area contributed by atoms with Crippen LogP contribution in [0.2, 0.25) is 0 Å². The number of piperazine rings is 1. The highest BCUT2D eigenvalue weighted by atomic mass is 32.2. The summed E-state index contributed by atoms with van der Waals surface area (Å²) >= 11 is 0. The molecule has 8 heteroatoms. The second-order valence-corrected chi connectivity index (χ2v) is 9.52. The van der Waals surface area contributed by atoms with Crippen molar-refractivity contribution in [2.75, 3.05) is 26.2 Å². The van der Waals surface area contributed by atoms with Gasteiger partial charge >= 0.3 is 0 Å². The van der Waals surface area contributed by atoms with Crippen LogP contribution < -0.4 is 5.73 Å². The van der Waals surface area contributed by atoms with E-state index in [4.69, 9.17) is 11.1 Å². The van der Waals surface area contributed by atoms with Crippen molar-refractivity contribution in [3.63, 3.8) is 0 Å². The molecule has 0 atom stereocenters. The number of nitrogens with one attached hydrogen (secondary N) is 1. The van der Waals surface area contributed by atoms with Crippen LogP contribution in [-0.2, 0) is 10.0 Å². The quantitative estimate of drug-likeness (QED) is 0.462. The Bertz CT molecular complexity index is 1230. The molecule has 1 amide bonds. The smallest absolute Gasteiger partial charge is 0.253 e. The van der Waals surface area contributed by atoms with Gasteiger partial charge in [-0.2, -0.15) is 4.31 Å². The summed E-state index contributed by atoms with van der Waals surface area (Å²) in [5.41, 5.74) is 8.41. The number of hydrogen-bond acceptors (Lipinski definition) is 4. The van der Waals surface area contributed by atoms with Crippen molar-refractivity contribution in [2.45, 2.75) is 4.90 Å². The largest absolute Gasteiger partial charge is 0.384 e. The minimum absolute atomic E-state index is 0.103. The molecule has 0 aromatic heterocycles. The third-order valence-corrected chi connectivity index (χ3v) is 7.46. The summed E-state index contributed by atoms with van der Waals surface area (Å²) in [5, 5.41) is 7.54. The molecule has 164 valence electrons. The average Bonchev–Trinajstić information content (AvgIpc) is 2.84. The van der Waals surface area contributed by atoms with E-state index in [0.29, 0.717) is 24.2 Å². The van der Waals surface area contributed by atoms with Crippen molar-refractivity contribution in [2.24, 2.45) is 5.73 Å². The summed E-state index contributed by atoms with van der Waals surface area (Å²) < 4.78 is 27.6. The number of nitrogens with two attached hydrogens (primary N) is 1. The summed E-state index contributed by atoms with van der Waals surface area (Å²) in [6.07, 6.45) is 0. The van der Waals surface area contributed by atoms with Crippen LogP contribution in [0.1, 0.15) is 15.9 Å². The van der Waals surface area contributed by atoms with Gasteiger partial charge in [0.15, 0.2) is 0 Å². The molecule has 1 aliphatic rings. The average molecular weight is 449 g/mol. The zero-order chi connectivity index (χ0) is 22.7. The zero-order valence-electron chi connectivity index (χ0n) is 17.4. The van der Waals surface area contributed by atoms with E-state index in [1.54, 1.807) is 41.3 Å². The second-order valence-electron chi connectivity index (χ2n) is 7.58. The minimum atomic E-state index is -3.64. The third kappa shape index (κ3) is 4.42. The van der Waals surface area contributed by atoms with E-state index in [9.17, 15) is 13.2 Å². The van der Waals surface area contributed by atoms with Gasteiger partial charge in [0.1, 0.15) is 5.84 Å². The standard InChI is InChI=1S/C24H24N4O3S/c25-23(26)20-7-4-8-21(17-20)24(29)27-13-15-28(16-14-27)32(30,31)22-11-9-19(10-12-22)18-5-2-1-3-6-18/h1-12,17H,13-16H2,(H3,25,26). The molecule has 7 nitrogen and oxygen atoms in total. The summed E-state index contributed by atoms with van der Waals surface area (Å²) in [4.78, 5) is 14.7. The van der Waals surface area contributed by atoms with Crippen molar-refractivity contribution < 1.29 is 13.2 Å². The lowest BCUT2D eigenvalue weighted by Gasteiger charge is -2.34. The molecule has 0 aliphatic carbocycles. The van der Waals surface area contributed by atoms with Crippen LogP contribution in [0.25, 0.3) is 11.1 Å². The molecule has 4 rings (SSSR count). The summed E-state index contributed by atoms with van der Waals surface area (Å²) in [7, 11) is -3.64. The molecule has 32 heavy (non-hydrogen) atoms. The van der Waals surface area contributed by atoms with Crippen molar-refractivity contribution in [3.8, 4) is 11.1 Å². The number of nitrogen functional groups attached to an aromatic ring is 1. The first-order valence-corrected chi connectivity index (χ1v) is 11.7. The molecule has 0 saturated carbocycles. The van der Waals surface area contributed by atoms with E-state index in [2.05, 4.69) is 0 Å². The Balaban J connectivity index is 1.44. The Kier molecular flexibility index (Phi) is 6.07. The molecule has 0 spiro atoms. The summed E-state index contributed by atoms with van der Waals surface area (Å²) in [6.45, 7) is 1.04. The number of sulfonamides is 1. The molecule has 0 radical (unpaired) electrons. The Labute approximate surface area is 187 Å². The Morgan fingerprint density at radius 2 is 1.38 bits per heavy atom. The highest BCUT2D eigenvalue weighted by Gasteiger charge is 2.30. The lowest BCUT2D eigenvalue weighted by Crippen LogP contribution is -2.50. The van der Waals surface area contributed by atoms with Gasteiger partial charge in [-0.15, -0.1) is 0 Å². The molecule has 1 fully saturated rings. The van der Waals surface area contributed by atoms with Crippen LogP contribution in [0, 0.1) is 5.41 Å². The second kappa shape index (κ2) is 8.94. The van der Waals surface area contributed by atoms with Crippen molar-refractivity contribution in [1.82, 2.24) is 9.21 Å². The number of rotatable bonds is 5. The maximum Gasteiger partial charge on any atom is 0.253 e. The van der Waals surface area contributed by atoms with E-state index in [0.717, 1.165) is 11.1 Å². The fourth-order valence-electron chi connectivity index (χ4n) is 3.73. The first kappa shape index (κ1) is 21.7. The van der Waals surface area contributed by atoms with Gasteiger partial charge < -0.3 is 10.6 Å². The molecule has 1 heterocycles. The van der Waals surface area contributed by atoms with Gasteiger partial charge in [-0.25, -0.2) is 8.42 Å². The van der Waals surface area contributed by atoms with Gasteiger partial charge in [0.25, 0.3) is 5.91 Å². The van der Waals surface area contributed by atoms with Gasteiger partial charge in [0.2, 0.25) is 10.0 Å². The predicted octanol–water partition coefficient (Wildman–Crippen LogP) is 2.78. The molecule has 3 aromatic rings. The first-order chi connectivity index (χ1) is 15.4. The number of amides is 1. The lowest BCUT2D eigenvalue weighted by atomic mass is 10.1. The van der Waals surface area contributed by atoms with E-state index in [1.165, 1.54) is 4.31 Å². The van der Waals surface area contributed by atoms with Gasteiger partial charge in [0, 0.05) is 37.3 Å². The highest BCUT2D eigenvalue weighted by molar-refractivity contribution is 7.89. The molecule has 1 aliphatic heterocycles. The predicted molar refractivity (Wildman–Crippen MR) is 124 cm³/mol. The Morgan fingerprint density at radius 1 is 0.781 bits per heavy atom. The maximum atomic E-state index is 13.1. The molecular weight excluding hydrogens is 424 g/mol. The van der Waals surface area contributed by atoms with Crippen LogP contribution in [0.3, 0.4) is 0 Å². The van der Waals surface area contributed by atoms with Gasteiger partial charge in [-0.05, 0) is 35.4 Å². The minimum Gasteiger partial charge on any atom is -0.384 e. The normalized spacial score (nSPS) is 14.8. The number of benzene rings is 3. The number of amidine groups is 1. The topological polar surface area (TPSA) is 108 Å². The summed E-state index contributed by atoms with van der Waals surface area (Å²) in [5.74, 6) is -0.300. The fourth-order valence-corrected chi connectivity index (χ4v) is 5.16. The molecule has 1 saturated heterocycles. The van der Waals surface area contributed by atoms with E-state index < -0.39 is 10.0 Å². The van der Waals surface area contributed by atoms with Crippen LogP contribution in [0.4, 0.5) is 0 Å². The molecule has 0 unspecified atom stereocenters. The zero-order valence-corrected chi connectivity index (χ0v) is 18.3. The maximum absolute atomic E-state index is 13.1. The van der Waals surface area contributed by atoms with Crippen LogP contribution in [0.15, 0.2) is 83.8 Å². The van der Waals surface area contributed by atoms with Gasteiger partial charge in [-0.1, -0.05) is 54.6 Å². The van der Waals surface area contributed by atoms with Crippen LogP contribution in [-0.4, -0.2) is 55.5 Å². The Hall–Kier alpha value is -3.49. The monoisotopic (exact) mass is 448 g/mol. The van der Waals surface area contributed by atoms with E-state index >= 15 is 0 Å².